The minimum Gasteiger partial charge on any atom is -0.394 e. The molecule has 1 saturated heterocycles. The molecule has 8 heteroatoms. The van der Waals surface area contributed by atoms with Crippen LogP contribution in [-0.2, 0) is 4.79 Å². The van der Waals surface area contributed by atoms with Crippen LogP contribution in [0.4, 0.5) is 0 Å². The highest BCUT2D eigenvalue weighted by Gasteiger charge is 2.30. The highest BCUT2D eigenvalue weighted by atomic mass is 16.4. The van der Waals surface area contributed by atoms with E-state index in [1.807, 2.05) is 0 Å². The number of carbonyl (C=O) groups excluding carboxylic acids is 1. The number of aliphatic hydroxyl groups excluding tert-OH is 5. The molecule has 6 N–H and O–H groups in total. The van der Waals surface area contributed by atoms with E-state index in [2.05, 4.69) is 10.2 Å². The standard InChI is InChI=1S/C19H38N2O6/c22-14-16(24)19(27)18(26)15(23)13-20-17(25)9-5-2-1-3-6-10-21-11-7-4-8-12-21/h15-16,18-19,22-24,26-27H,1-14H2,(H,20,25)/t15-,16+,18+,19+/m0/s1. The zero-order valence-corrected chi connectivity index (χ0v) is 16.3. The van der Waals surface area contributed by atoms with Crippen LogP contribution >= 0.6 is 0 Å². The van der Waals surface area contributed by atoms with E-state index in [1.54, 1.807) is 0 Å². The third kappa shape index (κ3) is 10.4. The summed E-state index contributed by atoms with van der Waals surface area (Å²) in [5.41, 5.74) is 0. The first-order valence-corrected chi connectivity index (χ1v) is 10.3. The smallest absolute Gasteiger partial charge is 0.220 e. The summed E-state index contributed by atoms with van der Waals surface area (Å²) in [6, 6.07) is 0. The molecule has 27 heavy (non-hydrogen) atoms. The summed E-state index contributed by atoms with van der Waals surface area (Å²) < 4.78 is 0. The molecule has 160 valence electrons. The summed E-state index contributed by atoms with van der Waals surface area (Å²) >= 11 is 0. The van der Waals surface area contributed by atoms with E-state index in [9.17, 15) is 25.2 Å². The summed E-state index contributed by atoms with van der Waals surface area (Å²) in [5.74, 6) is -0.216. The molecule has 0 unspecified atom stereocenters. The van der Waals surface area contributed by atoms with Crippen molar-refractivity contribution in [1.29, 1.82) is 0 Å². The number of unbranched alkanes of at least 4 members (excludes halogenated alkanes) is 4. The van der Waals surface area contributed by atoms with Gasteiger partial charge < -0.3 is 35.7 Å². The summed E-state index contributed by atoms with van der Waals surface area (Å²) in [6.07, 6.45) is 3.33. The predicted octanol–water partition coefficient (Wildman–Crippen LogP) is -0.635. The first kappa shape index (κ1) is 24.3. The molecule has 0 saturated carbocycles. The van der Waals surface area contributed by atoms with Gasteiger partial charge in [-0.1, -0.05) is 25.7 Å². The number of hydrogen-bond donors (Lipinski definition) is 6. The number of amides is 1. The van der Waals surface area contributed by atoms with Crippen LogP contribution in [0, 0.1) is 0 Å². The number of aliphatic hydroxyl groups is 5. The number of likely N-dealkylation sites (tertiary alicyclic amines) is 1. The Labute approximate surface area is 162 Å². The minimum atomic E-state index is -1.67. The Morgan fingerprint density at radius 1 is 0.852 bits per heavy atom. The summed E-state index contributed by atoms with van der Waals surface area (Å²) in [6.45, 7) is 2.70. The number of hydrogen-bond acceptors (Lipinski definition) is 7. The molecule has 8 nitrogen and oxygen atoms in total. The number of rotatable bonds is 14. The SMILES string of the molecule is O=C(CCCCCCCN1CCCCC1)NC[C@H](O)[C@@H](O)[C@H](O)[C@H](O)CO. The van der Waals surface area contributed by atoms with Gasteiger partial charge in [-0.2, -0.15) is 0 Å². The highest BCUT2D eigenvalue weighted by Crippen LogP contribution is 2.11. The van der Waals surface area contributed by atoms with Crippen molar-refractivity contribution in [3.63, 3.8) is 0 Å². The third-order valence-electron chi connectivity index (χ3n) is 5.16. The van der Waals surface area contributed by atoms with Gasteiger partial charge in [0, 0.05) is 13.0 Å². The summed E-state index contributed by atoms with van der Waals surface area (Å²) in [5, 5.41) is 49.4. The Morgan fingerprint density at radius 2 is 1.44 bits per heavy atom. The fraction of sp³-hybridized carbons (Fsp3) is 0.947. The number of carbonyl (C=O) groups is 1. The van der Waals surface area contributed by atoms with Gasteiger partial charge in [0.1, 0.15) is 18.3 Å². The molecule has 4 atom stereocenters. The zero-order valence-electron chi connectivity index (χ0n) is 16.3. The fourth-order valence-corrected chi connectivity index (χ4v) is 3.33. The maximum absolute atomic E-state index is 11.8. The van der Waals surface area contributed by atoms with Crippen LogP contribution in [0.2, 0.25) is 0 Å². The normalized spacial score (nSPS) is 20.0. The minimum absolute atomic E-state index is 0.216. The first-order chi connectivity index (χ1) is 13.0. The van der Waals surface area contributed by atoms with E-state index >= 15 is 0 Å². The molecule has 0 spiro atoms. The maximum Gasteiger partial charge on any atom is 0.220 e. The molecule has 1 amide bonds. The van der Waals surface area contributed by atoms with Gasteiger partial charge in [0.2, 0.25) is 5.91 Å². The second-order valence-electron chi connectivity index (χ2n) is 7.52. The Bertz CT molecular complexity index is 392. The molecule has 0 aliphatic carbocycles. The maximum atomic E-state index is 11.8. The van der Waals surface area contributed by atoms with E-state index < -0.39 is 31.0 Å². The third-order valence-corrected chi connectivity index (χ3v) is 5.16. The lowest BCUT2D eigenvalue weighted by molar-refractivity contribution is -0.126. The molecule has 0 aromatic carbocycles. The van der Waals surface area contributed by atoms with Crippen LogP contribution in [-0.4, -0.2) is 93.5 Å². The van der Waals surface area contributed by atoms with E-state index in [4.69, 9.17) is 5.11 Å². The van der Waals surface area contributed by atoms with Gasteiger partial charge in [0.25, 0.3) is 0 Å². The molecular formula is C19H38N2O6. The van der Waals surface area contributed by atoms with E-state index in [0.717, 1.165) is 19.3 Å². The van der Waals surface area contributed by atoms with Crippen LogP contribution in [0.3, 0.4) is 0 Å². The van der Waals surface area contributed by atoms with Gasteiger partial charge in [-0.15, -0.1) is 0 Å². The number of piperidine rings is 1. The molecule has 0 bridgehead atoms. The monoisotopic (exact) mass is 390 g/mol. The van der Waals surface area contributed by atoms with Crippen LogP contribution < -0.4 is 5.32 Å². The largest absolute Gasteiger partial charge is 0.394 e. The summed E-state index contributed by atoms with van der Waals surface area (Å²) in [4.78, 5) is 14.3. The molecule has 0 radical (unpaired) electrons. The second kappa shape index (κ2) is 14.3. The van der Waals surface area contributed by atoms with Crippen LogP contribution in [0.5, 0.6) is 0 Å². The quantitative estimate of drug-likeness (QED) is 0.217. The Hall–Kier alpha value is -0.770. The summed E-state index contributed by atoms with van der Waals surface area (Å²) in [7, 11) is 0. The van der Waals surface area contributed by atoms with Gasteiger partial charge in [0.15, 0.2) is 0 Å². The van der Waals surface area contributed by atoms with Crippen molar-refractivity contribution < 1.29 is 30.3 Å². The Morgan fingerprint density at radius 3 is 2.11 bits per heavy atom. The average Bonchev–Trinajstić information content (AvgIpc) is 2.70. The van der Waals surface area contributed by atoms with Crippen LogP contribution in [0.15, 0.2) is 0 Å². The lowest BCUT2D eigenvalue weighted by Crippen LogP contribution is -2.49. The van der Waals surface area contributed by atoms with E-state index in [0.29, 0.717) is 6.42 Å². The zero-order chi connectivity index (χ0) is 20.1. The van der Waals surface area contributed by atoms with E-state index in [-0.39, 0.29) is 12.5 Å². The molecule has 1 aliphatic rings. The predicted molar refractivity (Wildman–Crippen MR) is 102 cm³/mol. The van der Waals surface area contributed by atoms with Crippen molar-refractivity contribution in [3.8, 4) is 0 Å². The number of nitrogens with zero attached hydrogens (tertiary/aromatic N) is 1. The fourth-order valence-electron chi connectivity index (χ4n) is 3.33. The van der Waals surface area contributed by atoms with Gasteiger partial charge in [-0.05, 0) is 45.3 Å². The first-order valence-electron chi connectivity index (χ1n) is 10.3. The van der Waals surface area contributed by atoms with Crippen molar-refractivity contribution >= 4 is 5.91 Å². The van der Waals surface area contributed by atoms with Crippen LogP contribution in [0.1, 0.15) is 57.8 Å². The molecule has 1 aliphatic heterocycles. The topological polar surface area (TPSA) is 133 Å². The van der Waals surface area contributed by atoms with Crippen molar-refractivity contribution in [2.75, 3.05) is 32.8 Å². The lowest BCUT2D eigenvalue weighted by atomic mass is 10.0. The van der Waals surface area contributed by atoms with Crippen molar-refractivity contribution in [2.24, 2.45) is 0 Å². The second-order valence-corrected chi connectivity index (χ2v) is 7.52. The molecule has 1 rings (SSSR count). The molecule has 0 aromatic rings. The Balaban J connectivity index is 2.00. The molecule has 1 heterocycles. The van der Waals surface area contributed by atoms with Crippen molar-refractivity contribution in [1.82, 2.24) is 10.2 Å². The van der Waals surface area contributed by atoms with Crippen molar-refractivity contribution in [2.45, 2.75) is 82.2 Å². The van der Waals surface area contributed by atoms with Gasteiger partial charge in [0.05, 0.1) is 12.7 Å². The lowest BCUT2D eigenvalue weighted by Gasteiger charge is -2.26. The van der Waals surface area contributed by atoms with E-state index in [1.165, 1.54) is 51.7 Å². The van der Waals surface area contributed by atoms with Gasteiger partial charge >= 0.3 is 0 Å². The molecule has 0 aromatic heterocycles. The highest BCUT2D eigenvalue weighted by molar-refractivity contribution is 5.75. The number of nitrogens with one attached hydrogen (secondary N) is 1. The molecular weight excluding hydrogens is 352 g/mol. The van der Waals surface area contributed by atoms with Crippen LogP contribution in [0.25, 0.3) is 0 Å². The van der Waals surface area contributed by atoms with Crippen molar-refractivity contribution in [3.05, 3.63) is 0 Å². The van der Waals surface area contributed by atoms with Gasteiger partial charge in [-0.25, -0.2) is 0 Å². The molecule has 1 fully saturated rings. The average molecular weight is 391 g/mol. The van der Waals surface area contributed by atoms with Gasteiger partial charge in [-0.3, -0.25) is 4.79 Å². The Kier molecular flexibility index (Phi) is 12.8.